The van der Waals surface area contributed by atoms with E-state index in [4.69, 9.17) is 4.98 Å². The first-order chi connectivity index (χ1) is 12.9. The molecule has 0 spiro atoms. The normalized spacial score (nSPS) is 12.5. The molecule has 5 aromatic rings. The SMILES string of the molecule is c1cncc(-c2nc3cc(C(c4cccs4)n4ccnc4)ccc3[nH]2)c1. The predicted molar refractivity (Wildman–Crippen MR) is 103 cm³/mol. The van der Waals surface area contributed by atoms with Crippen molar-refractivity contribution in [1.29, 1.82) is 0 Å². The Morgan fingerprint density at radius 3 is 2.81 bits per heavy atom. The molecule has 0 fully saturated rings. The molecule has 0 saturated carbocycles. The highest BCUT2D eigenvalue weighted by Crippen LogP contribution is 2.32. The summed E-state index contributed by atoms with van der Waals surface area (Å²) in [6.45, 7) is 0. The van der Waals surface area contributed by atoms with Crippen molar-refractivity contribution in [1.82, 2.24) is 24.5 Å². The van der Waals surface area contributed by atoms with Crippen molar-refractivity contribution >= 4 is 22.4 Å². The van der Waals surface area contributed by atoms with Crippen molar-refractivity contribution in [2.75, 3.05) is 0 Å². The minimum Gasteiger partial charge on any atom is -0.338 e. The number of hydrogen-bond acceptors (Lipinski definition) is 4. The number of aromatic amines is 1. The average molecular weight is 357 g/mol. The summed E-state index contributed by atoms with van der Waals surface area (Å²) in [7, 11) is 0. The van der Waals surface area contributed by atoms with Crippen molar-refractivity contribution in [2.24, 2.45) is 0 Å². The van der Waals surface area contributed by atoms with Crippen LogP contribution in [0.4, 0.5) is 0 Å². The van der Waals surface area contributed by atoms with Crippen LogP contribution in [0.25, 0.3) is 22.4 Å². The number of benzene rings is 1. The largest absolute Gasteiger partial charge is 0.338 e. The minimum atomic E-state index is 0.0976. The number of nitrogens with one attached hydrogen (secondary N) is 1. The fraction of sp³-hybridized carbons (Fsp3) is 0.0500. The highest BCUT2D eigenvalue weighted by Gasteiger charge is 2.18. The maximum absolute atomic E-state index is 4.77. The number of fused-ring (bicyclic) bond motifs is 1. The van der Waals surface area contributed by atoms with Crippen LogP contribution in [0.1, 0.15) is 16.5 Å². The second-order valence-electron chi connectivity index (χ2n) is 6.03. The number of pyridine rings is 1. The van der Waals surface area contributed by atoms with E-state index in [-0.39, 0.29) is 6.04 Å². The third kappa shape index (κ3) is 2.60. The van der Waals surface area contributed by atoms with Crippen LogP contribution in [-0.4, -0.2) is 24.5 Å². The molecule has 0 aliphatic carbocycles. The monoisotopic (exact) mass is 357 g/mol. The lowest BCUT2D eigenvalue weighted by Crippen LogP contribution is -2.08. The van der Waals surface area contributed by atoms with Gasteiger partial charge in [0, 0.05) is 35.2 Å². The molecule has 1 unspecified atom stereocenters. The topological polar surface area (TPSA) is 59.4 Å². The highest BCUT2D eigenvalue weighted by molar-refractivity contribution is 7.10. The Morgan fingerprint density at radius 2 is 2.04 bits per heavy atom. The van der Waals surface area contributed by atoms with E-state index >= 15 is 0 Å². The van der Waals surface area contributed by atoms with Gasteiger partial charge in [0.15, 0.2) is 0 Å². The van der Waals surface area contributed by atoms with Gasteiger partial charge in [-0.3, -0.25) is 4.98 Å². The van der Waals surface area contributed by atoms with E-state index in [1.54, 1.807) is 17.5 Å². The van der Waals surface area contributed by atoms with Crippen molar-refractivity contribution < 1.29 is 0 Å². The summed E-state index contributed by atoms with van der Waals surface area (Å²) >= 11 is 1.75. The molecule has 4 aromatic heterocycles. The van der Waals surface area contributed by atoms with Crippen molar-refractivity contribution in [2.45, 2.75) is 6.04 Å². The summed E-state index contributed by atoms with van der Waals surface area (Å²) in [5.74, 6) is 0.834. The van der Waals surface area contributed by atoms with E-state index in [9.17, 15) is 0 Å². The van der Waals surface area contributed by atoms with Crippen LogP contribution in [0.15, 0.2) is 79.0 Å². The highest BCUT2D eigenvalue weighted by atomic mass is 32.1. The molecule has 6 heteroatoms. The average Bonchev–Trinajstić information content (AvgIpc) is 3.44. The first kappa shape index (κ1) is 15.0. The first-order valence-corrected chi connectivity index (χ1v) is 9.17. The van der Waals surface area contributed by atoms with Crippen LogP contribution in [0.3, 0.4) is 0 Å². The molecule has 1 N–H and O–H groups in total. The fourth-order valence-electron chi connectivity index (χ4n) is 3.18. The lowest BCUT2D eigenvalue weighted by molar-refractivity contribution is 0.689. The Kier molecular flexibility index (Phi) is 3.61. The zero-order chi connectivity index (χ0) is 17.3. The molecule has 0 saturated heterocycles. The zero-order valence-electron chi connectivity index (χ0n) is 13.8. The van der Waals surface area contributed by atoms with Gasteiger partial charge in [-0.05, 0) is 41.3 Å². The first-order valence-electron chi connectivity index (χ1n) is 8.29. The second-order valence-corrected chi connectivity index (χ2v) is 7.01. The predicted octanol–water partition coefficient (Wildman–Crippen LogP) is 4.52. The second kappa shape index (κ2) is 6.24. The molecule has 126 valence electrons. The Balaban J connectivity index is 1.62. The molecule has 26 heavy (non-hydrogen) atoms. The molecule has 0 aliphatic rings. The van der Waals surface area contributed by atoms with Gasteiger partial charge in [0.1, 0.15) is 5.82 Å². The lowest BCUT2D eigenvalue weighted by atomic mass is 10.0. The van der Waals surface area contributed by atoms with Crippen LogP contribution >= 0.6 is 11.3 Å². The number of rotatable bonds is 4. The quantitative estimate of drug-likeness (QED) is 0.514. The summed E-state index contributed by atoms with van der Waals surface area (Å²) in [6.07, 6.45) is 9.26. The smallest absolute Gasteiger partial charge is 0.140 e. The molecule has 0 radical (unpaired) electrons. The fourth-order valence-corrected chi connectivity index (χ4v) is 4.04. The standard InChI is InChI=1S/C20H15N5S/c1-3-15(12-21-7-1)20-23-16-6-5-14(11-17(16)24-20)19(18-4-2-10-26-18)25-9-8-22-13-25/h1-13,19H,(H,23,24). The van der Waals surface area contributed by atoms with Gasteiger partial charge in [-0.15, -0.1) is 11.3 Å². The minimum absolute atomic E-state index is 0.0976. The third-order valence-electron chi connectivity index (χ3n) is 4.39. The van der Waals surface area contributed by atoms with Gasteiger partial charge in [0.2, 0.25) is 0 Å². The lowest BCUT2D eigenvalue weighted by Gasteiger charge is -2.17. The molecule has 1 atom stereocenters. The van der Waals surface area contributed by atoms with E-state index in [0.29, 0.717) is 0 Å². The van der Waals surface area contributed by atoms with Crippen LogP contribution < -0.4 is 0 Å². The van der Waals surface area contributed by atoms with Crippen LogP contribution in [-0.2, 0) is 0 Å². The molecule has 0 bridgehead atoms. The van der Waals surface area contributed by atoms with Crippen molar-refractivity contribution in [3.05, 3.63) is 89.4 Å². The van der Waals surface area contributed by atoms with Crippen LogP contribution in [0, 0.1) is 0 Å². The van der Waals surface area contributed by atoms with Gasteiger partial charge in [-0.1, -0.05) is 12.1 Å². The number of thiophene rings is 1. The molecular formula is C20H15N5S. The molecule has 5 nitrogen and oxygen atoms in total. The Hall–Kier alpha value is -3.25. The molecule has 0 aliphatic heterocycles. The van der Waals surface area contributed by atoms with Gasteiger partial charge in [-0.2, -0.15) is 0 Å². The number of aromatic nitrogens is 5. The molecule has 1 aromatic carbocycles. The van der Waals surface area contributed by atoms with Gasteiger partial charge in [0.05, 0.1) is 23.4 Å². The van der Waals surface area contributed by atoms with Crippen molar-refractivity contribution in [3.63, 3.8) is 0 Å². The van der Waals surface area contributed by atoms with Gasteiger partial charge in [0.25, 0.3) is 0 Å². The Bertz CT molecular complexity index is 1090. The summed E-state index contributed by atoms with van der Waals surface area (Å²) in [5, 5.41) is 2.10. The molecular weight excluding hydrogens is 342 g/mol. The van der Waals surface area contributed by atoms with Crippen molar-refractivity contribution in [3.8, 4) is 11.4 Å². The van der Waals surface area contributed by atoms with E-state index in [0.717, 1.165) is 22.4 Å². The van der Waals surface area contributed by atoms with Gasteiger partial charge >= 0.3 is 0 Å². The zero-order valence-corrected chi connectivity index (χ0v) is 14.6. The van der Waals surface area contributed by atoms with Crippen LogP contribution in [0.5, 0.6) is 0 Å². The van der Waals surface area contributed by atoms with E-state index in [1.165, 1.54) is 10.4 Å². The van der Waals surface area contributed by atoms with Gasteiger partial charge < -0.3 is 9.55 Å². The van der Waals surface area contributed by atoms with E-state index in [1.807, 2.05) is 37.1 Å². The van der Waals surface area contributed by atoms with E-state index < -0.39 is 0 Å². The number of nitrogens with zero attached hydrogens (tertiary/aromatic N) is 4. The number of H-pyrrole nitrogens is 1. The summed E-state index contributed by atoms with van der Waals surface area (Å²) in [4.78, 5) is 17.8. The summed E-state index contributed by atoms with van der Waals surface area (Å²) < 4.78 is 2.13. The maximum atomic E-state index is 4.77. The Morgan fingerprint density at radius 1 is 1.04 bits per heavy atom. The molecule has 4 heterocycles. The maximum Gasteiger partial charge on any atom is 0.140 e. The number of hydrogen-bond donors (Lipinski definition) is 1. The number of imidazole rings is 2. The summed E-state index contributed by atoms with van der Waals surface area (Å²) in [6, 6.07) is 14.7. The summed E-state index contributed by atoms with van der Waals surface area (Å²) in [5.41, 5.74) is 4.13. The van der Waals surface area contributed by atoms with Crippen LogP contribution in [0.2, 0.25) is 0 Å². The third-order valence-corrected chi connectivity index (χ3v) is 5.32. The molecule has 0 amide bonds. The van der Waals surface area contributed by atoms with E-state index in [2.05, 4.69) is 55.2 Å². The molecule has 5 rings (SSSR count). The Labute approximate surface area is 154 Å². The van der Waals surface area contributed by atoms with Gasteiger partial charge in [-0.25, -0.2) is 9.97 Å².